The molecule has 2 nitrogen and oxygen atoms in total. The molecule has 0 fully saturated rings. The van der Waals surface area contributed by atoms with Gasteiger partial charge in [-0.1, -0.05) is 30.0 Å². The lowest BCUT2D eigenvalue weighted by atomic mass is 10.2. The van der Waals surface area contributed by atoms with Crippen LogP contribution in [0.2, 0.25) is 0 Å². The van der Waals surface area contributed by atoms with E-state index in [2.05, 4.69) is 24.1 Å². The first-order valence-electron chi connectivity index (χ1n) is 5.69. The van der Waals surface area contributed by atoms with E-state index in [1.54, 1.807) is 11.8 Å². The minimum Gasteiger partial charge on any atom is -0.395 e. The van der Waals surface area contributed by atoms with Gasteiger partial charge in [0.05, 0.1) is 13.2 Å². The molecule has 17 heavy (non-hydrogen) atoms. The maximum atomic E-state index is 9.13. The largest absolute Gasteiger partial charge is 0.395 e. The van der Waals surface area contributed by atoms with Gasteiger partial charge in [0.15, 0.2) is 0 Å². The van der Waals surface area contributed by atoms with Gasteiger partial charge in [0.1, 0.15) is 0 Å². The summed E-state index contributed by atoms with van der Waals surface area (Å²) in [5.74, 6) is 6.18. The van der Waals surface area contributed by atoms with E-state index in [1.165, 1.54) is 0 Å². The highest BCUT2D eigenvalue weighted by atomic mass is 32.2. The van der Waals surface area contributed by atoms with Gasteiger partial charge in [-0.25, -0.2) is 0 Å². The van der Waals surface area contributed by atoms with E-state index in [1.807, 2.05) is 36.6 Å². The normalized spacial score (nSPS) is 13.6. The van der Waals surface area contributed by atoms with E-state index in [4.69, 9.17) is 5.11 Å². The number of aliphatic hydroxyl groups is 1. The number of hydrogen-bond acceptors (Lipinski definition) is 3. The molecule has 1 aromatic rings. The first-order chi connectivity index (χ1) is 8.27. The van der Waals surface area contributed by atoms with Crippen LogP contribution in [0.4, 0.5) is 0 Å². The standard InChI is InChI=1S/C14H19NOS/c1-12(14(11-16)17-2)15-10-6-9-13-7-4-3-5-8-13/h3-5,7-8,12,14-16H,10-11H2,1-2H3. The van der Waals surface area contributed by atoms with Crippen molar-refractivity contribution in [1.82, 2.24) is 5.32 Å². The fraction of sp³-hybridized carbons (Fsp3) is 0.429. The molecule has 0 spiro atoms. The van der Waals surface area contributed by atoms with Crippen molar-refractivity contribution in [3.8, 4) is 11.8 Å². The Morgan fingerprint density at radius 3 is 2.65 bits per heavy atom. The SMILES string of the molecule is CSC(CO)C(C)NCC#Cc1ccccc1. The van der Waals surface area contributed by atoms with E-state index in [0.717, 1.165) is 5.56 Å². The van der Waals surface area contributed by atoms with E-state index in [9.17, 15) is 0 Å². The highest BCUT2D eigenvalue weighted by Crippen LogP contribution is 2.09. The summed E-state index contributed by atoms with van der Waals surface area (Å²) in [6.45, 7) is 2.91. The molecule has 2 atom stereocenters. The molecule has 0 saturated carbocycles. The Bertz CT molecular complexity index is 365. The average Bonchev–Trinajstić information content (AvgIpc) is 2.37. The third kappa shape index (κ3) is 5.27. The van der Waals surface area contributed by atoms with E-state index < -0.39 is 0 Å². The van der Waals surface area contributed by atoms with Crippen LogP contribution >= 0.6 is 11.8 Å². The van der Waals surface area contributed by atoms with E-state index >= 15 is 0 Å². The Labute approximate surface area is 108 Å². The van der Waals surface area contributed by atoms with Gasteiger partial charge >= 0.3 is 0 Å². The molecule has 3 heteroatoms. The Balaban J connectivity index is 2.35. The van der Waals surface area contributed by atoms with Gasteiger partial charge in [-0.05, 0) is 25.3 Å². The van der Waals surface area contributed by atoms with Crippen molar-refractivity contribution >= 4 is 11.8 Å². The summed E-state index contributed by atoms with van der Waals surface area (Å²) in [6, 6.07) is 10.2. The third-order valence-electron chi connectivity index (χ3n) is 2.56. The maximum Gasteiger partial charge on any atom is 0.0582 e. The number of thioether (sulfide) groups is 1. The predicted octanol–water partition coefficient (Wildman–Crippen LogP) is 1.74. The molecule has 0 bridgehead atoms. The lowest BCUT2D eigenvalue weighted by Crippen LogP contribution is -2.37. The van der Waals surface area contributed by atoms with Gasteiger partial charge in [-0.2, -0.15) is 11.8 Å². The van der Waals surface area contributed by atoms with Crippen LogP contribution in [0.5, 0.6) is 0 Å². The van der Waals surface area contributed by atoms with Gasteiger partial charge in [0.2, 0.25) is 0 Å². The Kier molecular flexibility index (Phi) is 6.80. The smallest absolute Gasteiger partial charge is 0.0582 e. The topological polar surface area (TPSA) is 32.3 Å². The molecule has 0 radical (unpaired) electrons. The van der Waals surface area contributed by atoms with Crippen molar-refractivity contribution in [2.75, 3.05) is 19.4 Å². The van der Waals surface area contributed by atoms with E-state index in [-0.39, 0.29) is 17.9 Å². The quantitative estimate of drug-likeness (QED) is 0.780. The zero-order valence-electron chi connectivity index (χ0n) is 10.3. The summed E-state index contributed by atoms with van der Waals surface area (Å²) in [5.41, 5.74) is 1.03. The molecule has 2 unspecified atom stereocenters. The fourth-order valence-corrected chi connectivity index (χ4v) is 2.10. The van der Waals surface area contributed by atoms with Crippen LogP contribution in [-0.2, 0) is 0 Å². The van der Waals surface area contributed by atoms with Crippen LogP contribution in [0.15, 0.2) is 30.3 Å². The highest BCUT2D eigenvalue weighted by Gasteiger charge is 2.13. The molecule has 1 rings (SSSR count). The number of benzene rings is 1. The Morgan fingerprint density at radius 2 is 2.06 bits per heavy atom. The van der Waals surface area contributed by atoms with Gasteiger partial charge in [-0.15, -0.1) is 0 Å². The van der Waals surface area contributed by atoms with Crippen molar-refractivity contribution in [3.05, 3.63) is 35.9 Å². The number of hydrogen-bond donors (Lipinski definition) is 2. The predicted molar refractivity (Wildman–Crippen MR) is 75.2 cm³/mol. The first kappa shape index (κ1) is 14.1. The zero-order valence-corrected chi connectivity index (χ0v) is 11.1. The van der Waals surface area contributed by atoms with Crippen LogP contribution in [0.3, 0.4) is 0 Å². The fourth-order valence-electron chi connectivity index (χ4n) is 1.45. The highest BCUT2D eigenvalue weighted by molar-refractivity contribution is 7.99. The average molecular weight is 249 g/mol. The first-order valence-corrected chi connectivity index (χ1v) is 6.97. The van der Waals surface area contributed by atoms with Crippen molar-refractivity contribution in [3.63, 3.8) is 0 Å². The minimum atomic E-state index is 0.196. The second-order valence-corrected chi connectivity index (χ2v) is 4.87. The van der Waals surface area contributed by atoms with Crippen molar-refractivity contribution in [1.29, 1.82) is 0 Å². The summed E-state index contributed by atoms with van der Waals surface area (Å²) in [6.07, 6.45) is 2.01. The lowest BCUT2D eigenvalue weighted by molar-refractivity contribution is 0.278. The van der Waals surface area contributed by atoms with Crippen LogP contribution in [0, 0.1) is 11.8 Å². The second-order valence-electron chi connectivity index (χ2n) is 3.79. The van der Waals surface area contributed by atoms with Crippen molar-refractivity contribution < 1.29 is 5.11 Å². The molecule has 0 aliphatic rings. The Hall–Kier alpha value is -0.950. The molecule has 0 aliphatic heterocycles. The molecule has 0 heterocycles. The summed E-state index contributed by atoms with van der Waals surface area (Å²) in [5, 5.41) is 12.7. The second kappa shape index (κ2) is 8.19. The van der Waals surface area contributed by atoms with Gasteiger partial charge in [0, 0.05) is 16.9 Å². The number of nitrogens with one attached hydrogen (secondary N) is 1. The molecule has 0 saturated heterocycles. The monoisotopic (exact) mass is 249 g/mol. The molecule has 1 aromatic carbocycles. The molecular weight excluding hydrogens is 230 g/mol. The van der Waals surface area contributed by atoms with Crippen LogP contribution in [-0.4, -0.2) is 35.8 Å². The third-order valence-corrected chi connectivity index (χ3v) is 3.72. The summed E-state index contributed by atoms with van der Waals surface area (Å²) in [4.78, 5) is 0. The molecule has 0 aromatic heterocycles. The van der Waals surface area contributed by atoms with Crippen molar-refractivity contribution in [2.24, 2.45) is 0 Å². The molecule has 0 aliphatic carbocycles. The number of aliphatic hydroxyl groups excluding tert-OH is 1. The van der Waals surface area contributed by atoms with Crippen LogP contribution in [0.25, 0.3) is 0 Å². The van der Waals surface area contributed by atoms with Crippen LogP contribution in [0.1, 0.15) is 12.5 Å². The molecule has 92 valence electrons. The molecular formula is C14H19NOS. The van der Waals surface area contributed by atoms with Gasteiger partial charge in [0.25, 0.3) is 0 Å². The minimum absolute atomic E-state index is 0.196. The molecule has 2 N–H and O–H groups in total. The zero-order chi connectivity index (χ0) is 12.5. The summed E-state index contributed by atoms with van der Waals surface area (Å²) >= 11 is 1.67. The Morgan fingerprint density at radius 1 is 1.35 bits per heavy atom. The number of rotatable bonds is 5. The van der Waals surface area contributed by atoms with E-state index in [0.29, 0.717) is 6.54 Å². The van der Waals surface area contributed by atoms with Gasteiger partial charge in [-0.3, -0.25) is 0 Å². The van der Waals surface area contributed by atoms with Crippen molar-refractivity contribution in [2.45, 2.75) is 18.2 Å². The molecule has 0 amide bonds. The summed E-state index contributed by atoms with van der Waals surface area (Å²) < 4.78 is 0. The van der Waals surface area contributed by atoms with Gasteiger partial charge < -0.3 is 10.4 Å². The maximum absolute atomic E-state index is 9.13. The van der Waals surface area contributed by atoms with Crippen LogP contribution < -0.4 is 5.32 Å². The summed E-state index contributed by atoms with van der Waals surface area (Å²) in [7, 11) is 0. The lowest BCUT2D eigenvalue weighted by Gasteiger charge is -2.19.